The molecular formula is C17H25ClN2OS. The molecule has 0 bridgehead atoms. The minimum Gasteiger partial charge on any atom is -0.340 e. The van der Waals surface area contributed by atoms with Crippen molar-refractivity contribution >= 4 is 30.1 Å². The Morgan fingerprint density at radius 1 is 1.05 bits per heavy atom. The van der Waals surface area contributed by atoms with Gasteiger partial charge in [0.1, 0.15) is 0 Å². The topological polar surface area (TPSA) is 32.3 Å². The average molecular weight is 341 g/mol. The number of carbonyl (C=O) groups is 1. The molecule has 2 fully saturated rings. The van der Waals surface area contributed by atoms with Crippen molar-refractivity contribution in [3.05, 3.63) is 30.3 Å². The summed E-state index contributed by atoms with van der Waals surface area (Å²) in [6, 6.07) is 10.4. The maximum Gasteiger partial charge on any atom is 0.239 e. The van der Waals surface area contributed by atoms with Gasteiger partial charge in [-0.1, -0.05) is 31.0 Å². The Balaban J connectivity index is 0.00000176. The van der Waals surface area contributed by atoms with Gasteiger partial charge in [-0.2, -0.15) is 0 Å². The number of nitrogens with zero attached hydrogens (tertiary/aromatic N) is 1. The first-order valence-electron chi connectivity index (χ1n) is 8.04. The van der Waals surface area contributed by atoms with Gasteiger partial charge in [0, 0.05) is 24.5 Å². The van der Waals surface area contributed by atoms with E-state index in [4.69, 9.17) is 0 Å². The molecule has 1 saturated heterocycles. The quantitative estimate of drug-likeness (QED) is 0.916. The van der Waals surface area contributed by atoms with Crippen molar-refractivity contribution in [2.45, 2.75) is 41.7 Å². The molecule has 1 aromatic rings. The van der Waals surface area contributed by atoms with Gasteiger partial charge in [0.25, 0.3) is 0 Å². The van der Waals surface area contributed by atoms with E-state index in [-0.39, 0.29) is 17.2 Å². The molecule has 0 atom stereocenters. The number of carbonyl (C=O) groups excluding carboxylic acids is 1. The van der Waals surface area contributed by atoms with Crippen LogP contribution in [0.1, 0.15) is 32.1 Å². The minimum absolute atomic E-state index is 0. The van der Waals surface area contributed by atoms with E-state index in [2.05, 4.69) is 34.5 Å². The summed E-state index contributed by atoms with van der Waals surface area (Å²) in [6.07, 6.45) is 5.47. The standard InChI is InChI=1S/C17H24N2OS.ClH/c20-16(19-13-6-11-18-12-14-19)17(9-4-5-10-17)21-15-7-2-1-3-8-15;/h1-3,7-8,18H,4-6,9-14H2;1H. The van der Waals surface area contributed by atoms with Gasteiger partial charge in [0.2, 0.25) is 5.91 Å². The van der Waals surface area contributed by atoms with Crippen molar-refractivity contribution in [2.75, 3.05) is 26.2 Å². The van der Waals surface area contributed by atoms with E-state index in [9.17, 15) is 4.79 Å². The second kappa shape index (κ2) is 8.23. The zero-order valence-electron chi connectivity index (χ0n) is 12.9. The molecule has 1 saturated carbocycles. The van der Waals surface area contributed by atoms with E-state index >= 15 is 0 Å². The molecular weight excluding hydrogens is 316 g/mol. The summed E-state index contributed by atoms with van der Waals surface area (Å²) in [7, 11) is 0. The zero-order chi connectivity index (χ0) is 14.5. The summed E-state index contributed by atoms with van der Waals surface area (Å²) in [5, 5.41) is 3.38. The van der Waals surface area contributed by atoms with Gasteiger partial charge < -0.3 is 10.2 Å². The van der Waals surface area contributed by atoms with Crippen LogP contribution in [0.4, 0.5) is 0 Å². The highest BCUT2D eigenvalue weighted by atomic mass is 35.5. The predicted molar refractivity (Wildman–Crippen MR) is 94.8 cm³/mol. The molecule has 1 amide bonds. The van der Waals surface area contributed by atoms with Gasteiger partial charge in [0.15, 0.2) is 0 Å². The van der Waals surface area contributed by atoms with E-state index < -0.39 is 0 Å². The highest BCUT2D eigenvalue weighted by molar-refractivity contribution is 8.01. The highest BCUT2D eigenvalue weighted by Crippen LogP contribution is 2.46. The van der Waals surface area contributed by atoms with Crippen LogP contribution in [0.5, 0.6) is 0 Å². The van der Waals surface area contributed by atoms with Crippen LogP contribution >= 0.6 is 24.2 Å². The number of thioether (sulfide) groups is 1. The lowest BCUT2D eigenvalue weighted by atomic mass is 10.1. The lowest BCUT2D eigenvalue weighted by Crippen LogP contribution is -2.46. The van der Waals surface area contributed by atoms with Crippen molar-refractivity contribution in [2.24, 2.45) is 0 Å². The second-order valence-corrected chi connectivity index (χ2v) is 7.47. The largest absolute Gasteiger partial charge is 0.340 e. The molecule has 122 valence electrons. The number of rotatable bonds is 3. The van der Waals surface area contributed by atoms with E-state index in [1.807, 2.05) is 6.07 Å². The normalized spacial score (nSPS) is 21.0. The SMILES string of the molecule is Cl.O=C(N1CCCNCC1)C1(Sc2ccccc2)CCCC1. The third-order valence-electron chi connectivity index (χ3n) is 4.48. The van der Waals surface area contributed by atoms with Crippen molar-refractivity contribution < 1.29 is 4.79 Å². The smallest absolute Gasteiger partial charge is 0.239 e. The van der Waals surface area contributed by atoms with E-state index in [0.717, 1.165) is 45.4 Å². The van der Waals surface area contributed by atoms with Gasteiger partial charge >= 0.3 is 0 Å². The van der Waals surface area contributed by atoms with Crippen LogP contribution in [0, 0.1) is 0 Å². The molecule has 22 heavy (non-hydrogen) atoms. The Labute approximate surface area is 143 Å². The molecule has 0 radical (unpaired) electrons. The van der Waals surface area contributed by atoms with Crippen LogP contribution in [0.15, 0.2) is 35.2 Å². The average Bonchev–Trinajstić information content (AvgIpc) is 2.83. The van der Waals surface area contributed by atoms with Crippen LogP contribution in [-0.4, -0.2) is 41.7 Å². The molecule has 1 aliphatic carbocycles. The van der Waals surface area contributed by atoms with Crippen LogP contribution in [0.25, 0.3) is 0 Å². The summed E-state index contributed by atoms with van der Waals surface area (Å²) >= 11 is 1.80. The van der Waals surface area contributed by atoms with Gasteiger partial charge in [-0.05, 0) is 37.9 Å². The third-order valence-corrected chi connectivity index (χ3v) is 5.97. The summed E-state index contributed by atoms with van der Waals surface area (Å²) in [5.41, 5.74) is 0. The Morgan fingerprint density at radius 3 is 2.50 bits per heavy atom. The van der Waals surface area contributed by atoms with Crippen molar-refractivity contribution in [3.63, 3.8) is 0 Å². The number of hydrogen-bond acceptors (Lipinski definition) is 3. The molecule has 2 aliphatic rings. The number of amides is 1. The van der Waals surface area contributed by atoms with Crippen molar-refractivity contribution in [1.82, 2.24) is 10.2 Å². The Bertz CT molecular complexity index is 469. The molecule has 0 spiro atoms. The van der Waals surface area contributed by atoms with E-state index in [1.165, 1.54) is 17.7 Å². The van der Waals surface area contributed by atoms with Gasteiger partial charge in [-0.3, -0.25) is 4.79 Å². The molecule has 3 nitrogen and oxygen atoms in total. The first-order valence-corrected chi connectivity index (χ1v) is 8.86. The van der Waals surface area contributed by atoms with E-state index in [0.29, 0.717) is 5.91 Å². The van der Waals surface area contributed by atoms with Gasteiger partial charge in [-0.15, -0.1) is 24.2 Å². The van der Waals surface area contributed by atoms with Crippen LogP contribution < -0.4 is 5.32 Å². The predicted octanol–water partition coefficient (Wildman–Crippen LogP) is 3.34. The van der Waals surface area contributed by atoms with Gasteiger partial charge in [0.05, 0.1) is 4.75 Å². The number of benzene rings is 1. The monoisotopic (exact) mass is 340 g/mol. The van der Waals surface area contributed by atoms with E-state index in [1.54, 1.807) is 11.8 Å². The Kier molecular flexibility index (Phi) is 6.60. The number of hydrogen-bond donors (Lipinski definition) is 1. The van der Waals surface area contributed by atoms with Crippen LogP contribution in [0.3, 0.4) is 0 Å². The minimum atomic E-state index is -0.217. The molecule has 1 N–H and O–H groups in total. The maximum absolute atomic E-state index is 13.2. The highest BCUT2D eigenvalue weighted by Gasteiger charge is 2.44. The number of halogens is 1. The molecule has 1 aromatic carbocycles. The van der Waals surface area contributed by atoms with Gasteiger partial charge in [-0.25, -0.2) is 0 Å². The zero-order valence-corrected chi connectivity index (χ0v) is 14.6. The summed E-state index contributed by atoms with van der Waals surface area (Å²) in [4.78, 5) is 16.5. The Morgan fingerprint density at radius 2 is 1.77 bits per heavy atom. The molecule has 3 rings (SSSR count). The van der Waals surface area contributed by atoms with Crippen molar-refractivity contribution in [3.8, 4) is 0 Å². The second-order valence-electron chi connectivity index (χ2n) is 6.01. The fourth-order valence-electron chi connectivity index (χ4n) is 3.36. The third kappa shape index (κ3) is 3.98. The Hall–Kier alpha value is -0.710. The molecule has 1 heterocycles. The molecule has 0 unspecified atom stereocenters. The maximum atomic E-state index is 13.2. The number of nitrogens with one attached hydrogen (secondary N) is 1. The first kappa shape index (κ1) is 17.6. The summed E-state index contributed by atoms with van der Waals surface area (Å²) in [5.74, 6) is 0.373. The first-order chi connectivity index (χ1) is 10.3. The molecule has 0 aromatic heterocycles. The fraction of sp³-hybridized carbons (Fsp3) is 0.588. The lowest BCUT2D eigenvalue weighted by Gasteiger charge is -2.33. The summed E-state index contributed by atoms with van der Waals surface area (Å²) in [6.45, 7) is 3.72. The van der Waals surface area contributed by atoms with Crippen LogP contribution in [0.2, 0.25) is 0 Å². The lowest BCUT2D eigenvalue weighted by molar-refractivity contribution is -0.133. The fourth-order valence-corrected chi connectivity index (χ4v) is 4.81. The summed E-state index contributed by atoms with van der Waals surface area (Å²) < 4.78 is -0.217. The van der Waals surface area contributed by atoms with Crippen molar-refractivity contribution in [1.29, 1.82) is 0 Å². The van der Waals surface area contributed by atoms with Crippen LogP contribution in [-0.2, 0) is 4.79 Å². The molecule has 1 aliphatic heterocycles. The molecule has 5 heteroatoms.